The van der Waals surface area contributed by atoms with Gasteiger partial charge >= 0.3 is 0 Å². The summed E-state index contributed by atoms with van der Waals surface area (Å²) in [7, 11) is 0. The van der Waals surface area contributed by atoms with E-state index in [2.05, 4.69) is 39.9 Å². The summed E-state index contributed by atoms with van der Waals surface area (Å²) in [5.41, 5.74) is 0. The largest absolute Gasteiger partial charge is 0.314 e. The van der Waals surface area contributed by atoms with Crippen molar-refractivity contribution in [2.24, 2.45) is 11.8 Å². The molecule has 0 spiro atoms. The highest BCUT2D eigenvalue weighted by Gasteiger charge is 2.17. The minimum atomic E-state index is 0.758. The average Bonchev–Trinajstić information content (AvgIpc) is 2.26. The van der Waals surface area contributed by atoms with E-state index in [1.54, 1.807) is 0 Å². The molecule has 0 saturated carbocycles. The van der Waals surface area contributed by atoms with Gasteiger partial charge in [-0.1, -0.05) is 60.3 Å². The summed E-state index contributed by atoms with van der Waals surface area (Å²) >= 11 is 0. The van der Waals surface area contributed by atoms with Crippen LogP contribution in [0, 0.1) is 11.8 Å². The molecular formula is C15H33N. The minimum Gasteiger partial charge on any atom is -0.314 e. The van der Waals surface area contributed by atoms with E-state index < -0.39 is 0 Å². The van der Waals surface area contributed by atoms with Gasteiger partial charge in [-0.25, -0.2) is 0 Å². The summed E-state index contributed by atoms with van der Waals surface area (Å²) < 4.78 is 0. The highest BCUT2D eigenvalue weighted by molar-refractivity contribution is 4.74. The second kappa shape index (κ2) is 10.1. The highest BCUT2D eigenvalue weighted by Crippen LogP contribution is 2.19. The third kappa shape index (κ3) is 7.27. The first-order valence-corrected chi connectivity index (χ1v) is 7.38. The van der Waals surface area contributed by atoms with Crippen LogP contribution in [0.4, 0.5) is 0 Å². The Morgan fingerprint density at radius 1 is 0.938 bits per heavy atom. The summed E-state index contributed by atoms with van der Waals surface area (Å²) in [6.45, 7) is 12.7. The second-order valence-electron chi connectivity index (χ2n) is 5.46. The normalized spacial score (nSPS) is 13.7. The van der Waals surface area contributed by atoms with Crippen LogP contribution in [0.5, 0.6) is 0 Å². The van der Waals surface area contributed by atoms with E-state index >= 15 is 0 Å². The van der Waals surface area contributed by atoms with Gasteiger partial charge in [0.2, 0.25) is 0 Å². The van der Waals surface area contributed by atoms with Crippen molar-refractivity contribution in [2.75, 3.05) is 6.54 Å². The fraction of sp³-hybridized carbons (Fsp3) is 1.00. The van der Waals surface area contributed by atoms with Crippen molar-refractivity contribution in [3.05, 3.63) is 0 Å². The predicted octanol–water partition coefficient (Wildman–Crippen LogP) is 4.62. The van der Waals surface area contributed by atoms with Gasteiger partial charge in [0.1, 0.15) is 0 Å². The Kier molecular flexibility index (Phi) is 10.1. The molecule has 0 aromatic carbocycles. The molecule has 98 valence electrons. The summed E-state index contributed by atoms with van der Waals surface area (Å²) in [6, 6.07) is 0.758. The maximum Gasteiger partial charge on any atom is 0.00951 e. The number of rotatable bonds is 10. The summed E-state index contributed by atoms with van der Waals surface area (Å²) in [4.78, 5) is 0. The molecule has 1 unspecified atom stereocenters. The number of nitrogens with one attached hydrogen (secondary N) is 1. The number of hydrogen-bond donors (Lipinski definition) is 1. The van der Waals surface area contributed by atoms with Crippen LogP contribution in [0.2, 0.25) is 0 Å². The fourth-order valence-corrected chi connectivity index (χ4v) is 2.44. The standard InChI is InChI=1S/C15H33N/c1-6-12-16-15(14(7-2)8-3)11-9-10-13(4)5/h13-16H,6-12H2,1-5H3. The molecule has 0 bridgehead atoms. The molecule has 0 heterocycles. The van der Waals surface area contributed by atoms with Gasteiger partial charge in [-0.2, -0.15) is 0 Å². The van der Waals surface area contributed by atoms with Crippen LogP contribution in [0.1, 0.15) is 73.1 Å². The first-order chi connectivity index (χ1) is 7.65. The van der Waals surface area contributed by atoms with Crippen LogP contribution in [-0.2, 0) is 0 Å². The van der Waals surface area contributed by atoms with Crippen molar-refractivity contribution in [3.8, 4) is 0 Å². The van der Waals surface area contributed by atoms with Gasteiger partial charge in [0.15, 0.2) is 0 Å². The molecule has 0 amide bonds. The molecule has 16 heavy (non-hydrogen) atoms. The van der Waals surface area contributed by atoms with E-state index in [0.717, 1.165) is 17.9 Å². The second-order valence-corrected chi connectivity index (χ2v) is 5.46. The van der Waals surface area contributed by atoms with Crippen molar-refractivity contribution >= 4 is 0 Å². The van der Waals surface area contributed by atoms with Crippen molar-refractivity contribution in [3.63, 3.8) is 0 Å². The van der Waals surface area contributed by atoms with Gasteiger partial charge in [0.25, 0.3) is 0 Å². The topological polar surface area (TPSA) is 12.0 Å². The van der Waals surface area contributed by atoms with Gasteiger partial charge in [-0.3, -0.25) is 0 Å². The van der Waals surface area contributed by atoms with Crippen molar-refractivity contribution in [2.45, 2.75) is 79.2 Å². The Morgan fingerprint density at radius 3 is 2.00 bits per heavy atom. The van der Waals surface area contributed by atoms with E-state index in [1.807, 2.05) is 0 Å². The zero-order valence-corrected chi connectivity index (χ0v) is 12.2. The Bertz CT molecular complexity index is 138. The summed E-state index contributed by atoms with van der Waals surface area (Å²) in [5, 5.41) is 3.75. The van der Waals surface area contributed by atoms with Crippen LogP contribution in [0.25, 0.3) is 0 Å². The monoisotopic (exact) mass is 227 g/mol. The molecular weight excluding hydrogens is 194 g/mol. The predicted molar refractivity (Wildman–Crippen MR) is 74.8 cm³/mol. The van der Waals surface area contributed by atoms with E-state index in [-0.39, 0.29) is 0 Å². The van der Waals surface area contributed by atoms with Crippen LogP contribution in [0.15, 0.2) is 0 Å². The van der Waals surface area contributed by atoms with E-state index in [0.29, 0.717) is 0 Å². The molecule has 0 aliphatic heterocycles. The van der Waals surface area contributed by atoms with E-state index in [9.17, 15) is 0 Å². The molecule has 0 aliphatic rings. The lowest BCUT2D eigenvalue weighted by Crippen LogP contribution is -2.36. The fourth-order valence-electron chi connectivity index (χ4n) is 2.44. The van der Waals surface area contributed by atoms with Gasteiger partial charge in [0, 0.05) is 6.04 Å². The van der Waals surface area contributed by atoms with Gasteiger partial charge in [-0.15, -0.1) is 0 Å². The zero-order valence-electron chi connectivity index (χ0n) is 12.2. The minimum absolute atomic E-state index is 0.758. The van der Waals surface area contributed by atoms with Crippen LogP contribution in [0.3, 0.4) is 0 Å². The molecule has 1 atom stereocenters. The van der Waals surface area contributed by atoms with Crippen LogP contribution >= 0.6 is 0 Å². The molecule has 0 aromatic rings. The average molecular weight is 227 g/mol. The van der Waals surface area contributed by atoms with Crippen LogP contribution in [-0.4, -0.2) is 12.6 Å². The van der Waals surface area contributed by atoms with Gasteiger partial charge in [-0.05, 0) is 31.2 Å². The smallest absolute Gasteiger partial charge is 0.00951 e. The Labute approximate surface area is 103 Å². The Hall–Kier alpha value is -0.0400. The third-order valence-corrected chi connectivity index (χ3v) is 3.57. The third-order valence-electron chi connectivity index (χ3n) is 3.57. The lowest BCUT2D eigenvalue weighted by Gasteiger charge is -2.26. The maximum absolute atomic E-state index is 3.75. The molecule has 0 fully saturated rings. The summed E-state index contributed by atoms with van der Waals surface area (Å²) in [5.74, 6) is 1.73. The quantitative estimate of drug-likeness (QED) is 0.574. The van der Waals surface area contributed by atoms with Gasteiger partial charge < -0.3 is 5.32 Å². The first-order valence-electron chi connectivity index (χ1n) is 7.38. The maximum atomic E-state index is 3.75. The van der Waals surface area contributed by atoms with Crippen LogP contribution < -0.4 is 5.32 Å². The Morgan fingerprint density at radius 2 is 1.56 bits per heavy atom. The molecule has 0 rings (SSSR count). The first kappa shape index (κ1) is 16.0. The zero-order chi connectivity index (χ0) is 12.4. The molecule has 1 heteroatoms. The lowest BCUT2D eigenvalue weighted by atomic mass is 9.89. The highest BCUT2D eigenvalue weighted by atomic mass is 14.9. The lowest BCUT2D eigenvalue weighted by molar-refractivity contribution is 0.306. The summed E-state index contributed by atoms with van der Waals surface area (Å²) in [6.07, 6.45) is 8.02. The van der Waals surface area contributed by atoms with Crippen molar-refractivity contribution in [1.82, 2.24) is 5.32 Å². The Balaban J connectivity index is 3.97. The van der Waals surface area contributed by atoms with Gasteiger partial charge in [0.05, 0.1) is 0 Å². The SMILES string of the molecule is CCCNC(CCCC(C)C)C(CC)CC. The van der Waals surface area contributed by atoms with Crippen molar-refractivity contribution < 1.29 is 0 Å². The molecule has 0 aliphatic carbocycles. The molecule has 1 N–H and O–H groups in total. The number of hydrogen-bond acceptors (Lipinski definition) is 1. The van der Waals surface area contributed by atoms with E-state index in [1.165, 1.54) is 45.1 Å². The molecule has 0 aromatic heterocycles. The van der Waals surface area contributed by atoms with E-state index in [4.69, 9.17) is 0 Å². The molecule has 0 saturated heterocycles. The van der Waals surface area contributed by atoms with Crippen molar-refractivity contribution in [1.29, 1.82) is 0 Å². The molecule has 0 radical (unpaired) electrons. The molecule has 1 nitrogen and oxygen atoms in total.